The molecule has 14 heteroatoms. The Morgan fingerprint density at radius 3 is 1.32 bits per heavy atom. The van der Waals surface area contributed by atoms with Gasteiger partial charge in [0.15, 0.2) is 0 Å². The molecule has 2 aliphatic heterocycles. The number of likely N-dealkylation sites (tertiary alicyclic amines) is 2. The van der Waals surface area contributed by atoms with Crippen LogP contribution in [0, 0.1) is 0 Å². The summed E-state index contributed by atoms with van der Waals surface area (Å²) in [5, 5.41) is 5.63. The first-order chi connectivity index (χ1) is 30.3. The van der Waals surface area contributed by atoms with Gasteiger partial charge in [-0.15, -0.1) is 0 Å². The Morgan fingerprint density at radius 2 is 0.952 bits per heavy atom. The van der Waals surface area contributed by atoms with Crippen molar-refractivity contribution in [3.8, 4) is 33.6 Å². The highest BCUT2D eigenvalue weighted by Crippen LogP contribution is 2.36. The van der Waals surface area contributed by atoms with Gasteiger partial charge < -0.3 is 39.9 Å². The Labute approximate surface area is 360 Å². The van der Waals surface area contributed by atoms with E-state index < -0.39 is 24.3 Å². The molecule has 2 aliphatic rings. The molecular formula is C48H50N8O6. The average molecular weight is 835 g/mol. The van der Waals surface area contributed by atoms with Crippen molar-refractivity contribution in [1.82, 2.24) is 40.4 Å². The Bertz CT molecular complexity index is 2300. The maximum Gasteiger partial charge on any atom is 0.407 e. The number of benzene rings is 4. The minimum atomic E-state index is -0.585. The van der Waals surface area contributed by atoms with Crippen molar-refractivity contribution >= 4 is 24.0 Å². The number of rotatable bonds is 13. The van der Waals surface area contributed by atoms with E-state index in [1.54, 1.807) is 0 Å². The molecule has 4 heterocycles. The second kappa shape index (κ2) is 19.0. The average Bonchev–Trinajstić information content (AvgIpc) is 4.17. The highest BCUT2D eigenvalue weighted by atomic mass is 16.5. The molecule has 0 radical (unpaired) electrons. The van der Waals surface area contributed by atoms with Crippen LogP contribution in [0.25, 0.3) is 33.6 Å². The van der Waals surface area contributed by atoms with E-state index in [1.165, 1.54) is 14.2 Å². The van der Waals surface area contributed by atoms with Crippen LogP contribution in [0.3, 0.4) is 0 Å². The lowest BCUT2D eigenvalue weighted by Crippen LogP contribution is -2.36. The van der Waals surface area contributed by atoms with Crippen LogP contribution in [0.4, 0.5) is 9.59 Å². The van der Waals surface area contributed by atoms with Crippen LogP contribution in [-0.4, -0.2) is 81.0 Å². The van der Waals surface area contributed by atoms with Crippen molar-refractivity contribution in [1.29, 1.82) is 0 Å². The highest BCUT2D eigenvalue weighted by molar-refractivity contribution is 5.80. The van der Waals surface area contributed by atoms with Crippen LogP contribution >= 0.6 is 0 Å². The Hall–Kier alpha value is -7.22. The van der Waals surface area contributed by atoms with Crippen LogP contribution in [0.2, 0.25) is 0 Å². The third-order valence-corrected chi connectivity index (χ3v) is 11.8. The molecule has 0 aliphatic carbocycles. The van der Waals surface area contributed by atoms with Crippen molar-refractivity contribution in [3.63, 3.8) is 0 Å². The van der Waals surface area contributed by atoms with Gasteiger partial charge in [0.1, 0.15) is 11.6 Å². The molecule has 62 heavy (non-hydrogen) atoms. The number of aromatic nitrogens is 4. The number of aromatic amines is 2. The molecule has 4 N–H and O–H groups in total. The Balaban J connectivity index is 0.894. The molecule has 4 atom stereocenters. The minimum Gasteiger partial charge on any atom is -0.453 e. The number of imidazole rings is 2. The molecule has 0 saturated carbocycles. The summed E-state index contributed by atoms with van der Waals surface area (Å²) >= 11 is 0. The first kappa shape index (κ1) is 41.5. The number of carbonyl (C=O) groups is 4. The molecule has 0 spiro atoms. The van der Waals surface area contributed by atoms with E-state index in [9.17, 15) is 19.2 Å². The second-order valence-corrected chi connectivity index (χ2v) is 15.6. The largest absolute Gasteiger partial charge is 0.453 e. The normalized spacial score (nSPS) is 17.0. The number of hydrogen-bond donors (Lipinski definition) is 4. The summed E-state index contributed by atoms with van der Waals surface area (Å²) in [4.78, 5) is 71.7. The molecule has 2 aromatic heterocycles. The molecule has 6 aromatic rings. The summed E-state index contributed by atoms with van der Waals surface area (Å²) in [6.07, 6.45) is 5.96. The van der Waals surface area contributed by atoms with Crippen molar-refractivity contribution in [3.05, 3.63) is 144 Å². The van der Waals surface area contributed by atoms with Crippen LogP contribution < -0.4 is 10.6 Å². The Kier molecular flexibility index (Phi) is 12.7. The molecule has 0 bridgehead atoms. The third-order valence-electron chi connectivity index (χ3n) is 11.8. The molecule has 0 unspecified atom stereocenters. The van der Waals surface area contributed by atoms with Gasteiger partial charge in [-0.3, -0.25) is 9.59 Å². The summed E-state index contributed by atoms with van der Waals surface area (Å²) < 4.78 is 9.67. The van der Waals surface area contributed by atoms with Gasteiger partial charge in [0, 0.05) is 13.1 Å². The van der Waals surface area contributed by atoms with Crippen LogP contribution in [0.1, 0.15) is 85.5 Å². The topological polar surface area (TPSA) is 175 Å². The zero-order valence-electron chi connectivity index (χ0n) is 34.8. The van der Waals surface area contributed by atoms with Crippen molar-refractivity contribution < 1.29 is 28.7 Å². The van der Waals surface area contributed by atoms with Gasteiger partial charge in [0.05, 0.1) is 75.0 Å². The Morgan fingerprint density at radius 1 is 0.581 bits per heavy atom. The predicted octanol–water partition coefficient (Wildman–Crippen LogP) is 8.44. The first-order valence-corrected chi connectivity index (χ1v) is 21.0. The quantitative estimate of drug-likeness (QED) is 0.0897. The number of carbonyl (C=O) groups excluding carboxylic acids is 4. The lowest BCUT2D eigenvalue weighted by molar-refractivity contribution is -0.133. The summed E-state index contributed by atoms with van der Waals surface area (Å²) in [5.41, 5.74) is 7.46. The fourth-order valence-corrected chi connectivity index (χ4v) is 8.55. The van der Waals surface area contributed by atoms with Gasteiger partial charge in [-0.05, 0) is 59.1 Å². The van der Waals surface area contributed by atoms with Crippen LogP contribution in [0.15, 0.2) is 122 Å². The molecule has 4 aromatic carbocycles. The summed E-state index contributed by atoms with van der Waals surface area (Å²) in [7, 11) is 2.62. The van der Waals surface area contributed by atoms with Gasteiger partial charge in [0.25, 0.3) is 0 Å². The molecule has 14 nitrogen and oxygen atoms in total. The fourth-order valence-electron chi connectivity index (χ4n) is 8.55. The summed E-state index contributed by atoms with van der Waals surface area (Å²) in [6, 6.07) is 34.0. The van der Waals surface area contributed by atoms with E-state index in [0.717, 1.165) is 82.1 Å². The number of alkyl carbamates (subject to hydrolysis) is 2. The number of hydrogen-bond acceptors (Lipinski definition) is 8. The predicted molar refractivity (Wildman–Crippen MR) is 233 cm³/mol. The fraction of sp³-hybridized carbons (Fsp3) is 0.292. The van der Waals surface area contributed by atoms with Gasteiger partial charge in [-0.2, -0.15) is 0 Å². The number of ether oxygens (including phenoxy) is 2. The third kappa shape index (κ3) is 9.39. The first-order valence-electron chi connectivity index (χ1n) is 21.0. The van der Waals surface area contributed by atoms with Crippen molar-refractivity contribution in [2.45, 2.75) is 62.7 Å². The smallest absolute Gasteiger partial charge is 0.407 e. The van der Waals surface area contributed by atoms with E-state index in [1.807, 2.05) is 82.9 Å². The zero-order chi connectivity index (χ0) is 43.0. The molecule has 8 rings (SSSR count). The number of H-pyrrole nitrogens is 2. The van der Waals surface area contributed by atoms with Gasteiger partial charge in [-0.25, -0.2) is 19.6 Å². The monoisotopic (exact) mass is 834 g/mol. The summed E-state index contributed by atoms with van der Waals surface area (Å²) in [5.74, 6) is 1.35. The molecule has 318 valence electrons. The SMILES string of the molecule is COC(=O)N[C@@H](CC(=O)N1CCC[C@H]1c1ncc(-c2ccc(-c3ccc(-c4cnc([C@@H]5CCCN5C(=O)C[C@H](NC(=O)OC)c5ccccc5)[nH]4)cc3)cc2)[nH]1)c1ccccc1. The van der Waals surface area contributed by atoms with Gasteiger partial charge >= 0.3 is 12.2 Å². The van der Waals surface area contributed by atoms with Crippen LogP contribution in [-0.2, 0) is 19.1 Å². The van der Waals surface area contributed by atoms with Crippen molar-refractivity contribution in [2.75, 3.05) is 27.3 Å². The number of methoxy groups -OCH3 is 2. The molecule has 2 saturated heterocycles. The number of nitrogens with zero attached hydrogens (tertiary/aromatic N) is 4. The molecular weight excluding hydrogens is 785 g/mol. The molecule has 2 fully saturated rings. The molecule has 4 amide bonds. The van der Waals surface area contributed by atoms with Gasteiger partial charge in [0.2, 0.25) is 11.8 Å². The van der Waals surface area contributed by atoms with E-state index in [-0.39, 0.29) is 36.7 Å². The van der Waals surface area contributed by atoms with E-state index in [4.69, 9.17) is 19.4 Å². The maximum atomic E-state index is 13.7. The lowest BCUT2D eigenvalue weighted by Gasteiger charge is -2.26. The van der Waals surface area contributed by atoms with Gasteiger partial charge in [-0.1, -0.05) is 109 Å². The number of nitrogens with one attached hydrogen (secondary N) is 4. The zero-order valence-corrected chi connectivity index (χ0v) is 34.8. The standard InChI is InChI=1S/C48H50N8O6/c1-61-47(59)53-37(33-11-5-3-6-12-33)27-43(57)55-25-9-15-41(55)45-49-29-39(51-45)35-21-17-31(18-22-35)32-19-23-36(24-20-32)40-30-50-46(52-40)42-16-10-26-56(42)44(58)28-38(54-48(60)62-2)34-13-7-4-8-14-34/h3-8,11-14,17-24,29-30,37-38,41-42H,9-10,15-16,25-28H2,1-2H3,(H,49,51)(H,50,52)(H,53,59)(H,54,60)/t37-,38-,41-,42-/m0/s1. The van der Waals surface area contributed by atoms with Crippen LogP contribution in [0.5, 0.6) is 0 Å². The lowest BCUT2D eigenvalue weighted by atomic mass is 10.0. The maximum absolute atomic E-state index is 13.7. The van der Waals surface area contributed by atoms with E-state index >= 15 is 0 Å². The second-order valence-electron chi connectivity index (χ2n) is 15.6. The van der Waals surface area contributed by atoms with Crippen molar-refractivity contribution in [2.24, 2.45) is 0 Å². The summed E-state index contributed by atoms with van der Waals surface area (Å²) in [6.45, 7) is 1.23. The highest BCUT2D eigenvalue weighted by Gasteiger charge is 2.35. The number of amides is 4. The minimum absolute atomic E-state index is 0.0631. The van der Waals surface area contributed by atoms with E-state index in [2.05, 4.69) is 69.1 Å². The van der Waals surface area contributed by atoms with E-state index in [0.29, 0.717) is 13.1 Å².